The Morgan fingerprint density at radius 1 is 1.31 bits per heavy atom. The van der Waals surface area contributed by atoms with Crippen molar-refractivity contribution < 1.29 is 19.1 Å². The Kier molecular flexibility index (Phi) is 6.61. The maximum Gasteiger partial charge on any atom is 0.271 e. The number of methoxy groups -OCH3 is 1. The lowest BCUT2D eigenvalue weighted by atomic mass is 9.72. The maximum absolute atomic E-state index is 13.8. The van der Waals surface area contributed by atoms with Crippen LogP contribution in [0.25, 0.3) is 10.9 Å². The molecule has 190 valence electrons. The summed E-state index contributed by atoms with van der Waals surface area (Å²) in [6, 6.07) is 8.10. The molecule has 3 fully saturated rings. The summed E-state index contributed by atoms with van der Waals surface area (Å²) in [5, 5.41) is 16.1. The number of nitrogens with zero attached hydrogens (tertiary/aromatic N) is 2. The number of H-pyrrole nitrogens is 1. The summed E-state index contributed by atoms with van der Waals surface area (Å²) < 4.78 is 5.45. The van der Waals surface area contributed by atoms with Gasteiger partial charge in [-0.05, 0) is 55.7 Å². The minimum atomic E-state index is -0.774. The van der Waals surface area contributed by atoms with Crippen LogP contribution >= 0.6 is 0 Å². The van der Waals surface area contributed by atoms with Gasteiger partial charge in [-0.3, -0.25) is 14.4 Å². The SMILES string of the molecule is COc1cccc2[nH]c(C(=O)N3CC4(CCCCC4)C[C@H]3C(=O)N[C@H](C#N)C[C@@H]3CCNC3=O)cc12. The molecule has 1 aromatic carbocycles. The van der Waals surface area contributed by atoms with Crippen LogP contribution in [0, 0.1) is 22.7 Å². The van der Waals surface area contributed by atoms with Gasteiger partial charge in [0.05, 0.1) is 13.2 Å². The van der Waals surface area contributed by atoms with Crippen LogP contribution in [-0.4, -0.2) is 59.9 Å². The van der Waals surface area contributed by atoms with Crippen LogP contribution in [0.4, 0.5) is 0 Å². The smallest absolute Gasteiger partial charge is 0.271 e. The average molecular weight is 492 g/mol. The Hall–Kier alpha value is -3.54. The number of nitrogens with one attached hydrogen (secondary N) is 3. The second-order valence-corrected chi connectivity index (χ2v) is 10.5. The summed E-state index contributed by atoms with van der Waals surface area (Å²) in [7, 11) is 1.59. The van der Waals surface area contributed by atoms with E-state index < -0.39 is 12.1 Å². The molecule has 2 saturated heterocycles. The van der Waals surface area contributed by atoms with Gasteiger partial charge in [0.25, 0.3) is 5.91 Å². The number of carbonyl (C=O) groups is 3. The molecule has 5 rings (SSSR count). The topological polar surface area (TPSA) is 127 Å². The highest BCUT2D eigenvalue weighted by atomic mass is 16.5. The Morgan fingerprint density at radius 3 is 2.81 bits per heavy atom. The quantitative estimate of drug-likeness (QED) is 0.573. The fourth-order valence-corrected chi connectivity index (χ4v) is 6.31. The number of hydrogen-bond acceptors (Lipinski definition) is 5. The molecule has 9 nitrogen and oxygen atoms in total. The number of aromatic amines is 1. The van der Waals surface area contributed by atoms with Crippen LogP contribution in [0.3, 0.4) is 0 Å². The van der Waals surface area contributed by atoms with E-state index in [0.29, 0.717) is 37.4 Å². The van der Waals surface area contributed by atoms with Gasteiger partial charge in [-0.1, -0.05) is 25.3 Å². The summed E-state index contributed by atoms with van der Waals surface area (Å²) in [6.45, 7) is 1.12. The van der Waals surface area contributed by atoms with Crippen LogP contribution in [0.5, 0.6) is 5.75 Å². The average Bonchev–Trinajstić information content (AvgIpc) is 3.60. The molecule has 0 radical (unpaired) electrons. The van der Waals surface area contributed by atoms with E-state index in [4.69, 9.17) is 4.74 Å². The molecular formula is C27H33N5O4. The molecule has 1 aliphatic carbocycles. The minimum Gasteiger partial charge on any atom is -0.496 e. The van der Waals surface area contributed by atoms with E-state index in [1.54, 1.807) is 18.1 Å². The van der Waals surface area contributed by atoms with E-state index in [0.717, 1.165) is 36.6 Å². The van der Waals surface area contributed by atoms with Gasteiger partial charge in [0.2, 0.25) is 11.8 Å². The molecule has 2 aromatic rings. The molecule has 36 heavy (non-hydrogen) atoms. The summed E-state index contributed by atoms with van der Waals surface area (Å²) >= 11 is 0. The van der Waals surface area contributed by atoms with Crippen molar-refractivity contribution in [2.75, 3.05) is 20.2 Å². The molecule has 3 atom stereocenters. The van der Waals surface area contributed by atoms with E-state index in [1.165, 1.54) is 6.42 Å². The van der Waals surface area contributed by atoms with Gasteiger partial charge in [0, 0.05) is 29.9 Å². The minimum absolute atomic E-state index is 0.0717. The lowest BCUT2D eigenvalue weighted by molar-refractivity contribution is -0.126. The van der Waals surface area contributed by atoms with Crippen LogP contribution in [0.15, 0.2) is 24.3 Å². The Bertz CT molecular complexity index is 1210. The first-order chi connectivity index (χ1) is 17.4. The molecule has 0 unspecified atom stereocenters. The number of hydrogen-bond donors (Lipinski definition) is 3. The first-order valence-electron chi connectivity index (χ1n) is 12.9. The third-order valence-corrected chi connectivity index (χ3v) is 8.22. The molecule has 3 aliphatic rings. The van der Waals surface area contributed by atoms with Gasteiger partial charge in [-0.25, -0.2) is 0 Å². The summed E-state index contributed by atoms with van der Waals surface area (Å²) in [5.74, 6) is -0.209. The highest BCUT2D eigenvalue weighted by Gasteiger charge is 2.49. The molecule has 1 saturated carbocycles. The monoisotopic (exact) mass is 491 g/mol. The van der Waals surface area contributed by atoms with Crippen LogP contribution in [-0.2, 0) is 9.59 Å². The second kappa shape index (κ2) is 9.84. The molecule has 9 heteroatoms. The highest BCUT2D eigenvalue weighted by molar-refractivity contribution is 6.02. The predicted molar refractivity (Wildman–Crippen MR) is 133 cm³/mol. The van der Waals surface area contributed by atoms with E-state index in [9.17, 15) is 19.6 Å². The lowest BCUT2D eigenvalue weighted by Gasteiger charge is -2.32. The van der Waals surface area contributed by atoms with Crippen LogP contribution in [0.2, 0.25) is 0 Å². The number of benzene rings is 1. The number of fused-ring (bicyclic) bond motifs is 1. The van der Waals surface area contributed by atoms with Crippen LogP contribution < -0.4 is 15.4 Å². The van der Waals surface area contributed by atoms with Crippen molar-refractivity contribution in [3.63, 3.8) is 0 Å². The molecular weight excluding hydrogens is 458 g/mol. The van der Waals surface area contributed by atoms with Gasteiger partial charge in [0.15, 0.2) is 0 Å². The fourth-order valence-electron chi connectivity index (χ4n) is 6.31. The maximum atomic E-state index is 13.8. The molecule has 3 amide bonds. The third-order valence-electron chi connectivity index (χ3n) is 8.22. The number of aromatic nitrogens is 1. The van der Waals surface area contributed by atoms with Gasteiger partial charge >= 0.3 is 0 Å². The zero-order valence-corrected chi connectivity index (χ0v) is 20.6. The normalized spacial score (nSPS) is 23.9. The largest absolute Gasteiger partial charge is 0.496 e. The Balaban J connectivity index is 1.39. The summed E-state index contributed by atoms with van der Waals surface area (Å²) in [6.07, 6.45) is 6.88. The van der Waals surface area contributed by atoms with E-state index >= 15 is 0 Å². The number of amides is 3. The number of rotatable bonds is 6. The summed E-state index contributed by atoms with van der Waals surface area (Å²) in [4.78, 5) is 44.2. The summed E-state index contributed by atoms with van der Waals surface area (Å²) in [5.41, 5.74) is 1.14. The number of nitriles is 1. The Morgan fingerprint density at radius 2 is 2.11 bits per heavy atom. The van der Waals surface area contributed by atoms with Crippen molar-refractivity contribution in [2.45, 2.75) is 63.5 Å². The molecule has 1 spiro atoms. The van der Waals surface area contributed by atoms with Gasteiger partial charge in [0.1, 0.15) is 23.5 Å². The first-order valence-corrected chi connectivity index (χ1v) is 12.9. The van der Waals surface area contributed by atoms with Gasteiger partial charge in [-0.15, -0.1) is 0 Å². The lowest BCUT2D eigenvalue weighted by Crippen LogP contribution is -2.49. The standard InChI is InChI=1S/C27H33N5O4/c1-36-23-7-5-6-20-19(23)13-21(31-20)26(35)32-16-27(9-3-2-4-10-27)14-22(32)25(34)30-18(15-28)12-17-8-11-29-24(17)33/h5-7,13,17-18,22,31H,2-4,8-12,14,16H2,1H3,(H,29,33)(H,30,34)/t17-,18-,22-/m0/s1. The van der Waals surface area contributed by atoms with Gasteiger partial charge < -0.3 is 25.3 Å². The second-order valence-electron chi connectivity index (χ2n) is 10.5. The van der Waals surface area contributed by atoms with Gasteiger partial charge in [-0.2, -0.15) is 5.26 Å². The van der Waals surface area contributed by atoms with Crippen molar-refractivity contribution in [3.8, 4) is 11.8 Å². The van der Waals surface area contributed by atoms with E-state index in [-0.39, 0.29) is 35.5 Å². The molecule has 1 aromatic heterocycles. The number of ether oxygens (including phenoxy) is 1. The first kappa shape index (κ1) is 24.2. The predicted octanol–water partition coefficient (Wildman–Crippen LogP) is 2.88. The van der Waals surface area contributed by atoms with Crippen molar-refractivity contribution in [3.05, 3.63) is 30.0 Å². The molecule has 0 bridgehead atoms. The van der Waals surface area contributed by atoms with Crippen molar-refractivity contribution in [1.29, 1.82) is 5.26 Å². The van der Waals surface area contributed by atoms with Crippen molar-refractivity contribution in [2.24, 2.45) is 11.3 Å². The Labute approximate surface area is 210 Å². The fraction of sp³-hybridized carbons (Fsp3) is 0.556. The number of likely N-dealkylation sites (tertiary alicyclic amines) is 1. The zero-order valence-electron chi connectivity index (χ0n) is 20.6. The van der Waals surface area contributed by atoms with Crippen molar-refractivity contribution >= 4 is 28.6 Å². The molecule has 3 N–H and O–H groups in total. The van der Waals surface area contributed by atoms with E-state index in [2.05, 4.69) is 21.7 Å². The third kappa shape index (κ3) is 4.52. The van der Waals surface area contributed by atoms with E-state index in [1.807, 2.05) is 18.2 Å². The number of carbonyl (C=O) groups excluding carboxylic acids is 3. The molecule has 2 aliphatic heterocycles. The van der Waals surface area contributed by atoms with Crippen LogP contribution in [0.1, 0.15) is 61.9 Å². The molecule has 3 heterocycles. The highest BCUT2D eigenvalue weighted by Crippen LogP contribution is 2.47. The zero-order chi connectivity index (χ0) is 25.3. The van der Waals surface area contributed by atoms with Crippen molar-refractivity contribution in [1.82, 2.24) is 20.5 Å².